The maximum Gasteiger partial charge on any atom is 0.251 e. The molecule has 0 unspecified atom stereocenters. The Balaban J connectivity index is 2.06. The normalized spacial score (nSPS) is 11.7. The van der Waals surface area contributed by atoms with E-state index >= 15 is 0 Å². The van der Waals surface area contributed by atoms with Crippen molar-refractivity contribution >= 4 is 11.8 Å². The molecule has 2 aromatic carbocycles. The SMILES string of the molecule is COc1ccc(C(=O)N[C@@H](C(=O)N(C)Cc2ccc(O)cc2)C(C)C)cc1. The molecule has 0 aliphatic heterocycles. The molecule has 0 aromatic heterocycles. The average Bonchev–Trinajstić information content (AvgIpc) is 2.67. The molecular weight excluding hydrogens is 344 g/mol. The van der Waals surface area contributed by atoms with Gasteiger partial charge in [-0.05, 0) is 47.9 Å². The minimum absolute atomic E-state index is 0.0676. The predicted octanol–water partition coefficient (Wildman–Crippen LogP) is 2.81. The van der Waals surface area contributed by atoms with Crippen LogP contribution in [0.4, 0.5) is 0 Å². The van der Waals surface area contributed by atoms with E-state index in [1.54, 1.807) is 67.6 Å². The third kappa shape index (κ3) is 5.48. The molecule has 0 aliphatic carbocycles. The molecule has 2 aromatic rings. The number of nitrogens with one attached hydrogen (secondary N) is 1. The molecule has 0 aliphatic rings. The highest BCUT2D eigenvalue weighted by Gasteiger charge is 2.27. The Bertz CT molecular complexity index is 770. The van der Waals surface area contributed by atoms with Crippen LogP contribution in [0.2, 0.25) is 0 Å². The van der Waals surface area contributed by atoms with Crippen LogP contribution < -0.4 is 10.1 Å². The summed E-state index contributed by atoms with van der Waals surface area (Å²) in [6.07, 6.45) is 0. The van der Waals surface area contributed by atoms with Gasteiger partial charge in [0.05, 0.1) is 7.11 Å². The molecule has 0 saturated carbocycles. The highest BCUT2D eigenvalue weighted by molar-refractivity contribution is 5.97. The van der Waals surface area contributed by atoms with Crippen molar-refractivity contribution in [2.45, 2.75) is 26.4 Å². The minimum Gasteiger partial charge on any atom is -0.508 e. The number of amides is 2. The van der Waals surface area contributed by atoms with E-state index in [4.69, 9.17) is 4.74 Å². The monoisotopic (exact) mass is 370 g/mol. The van der Waals surface area contributed by atoms with Crippen LogP contribution in [0.25, 0.3) is 0 Å². The molecule has 0 saturated heterocycles. The second-order valence-corrected chi connectivity index (χ2v) is 6.78. The Hall–Kier alpha value is -3.02. The highest BCUT2D eigenvalue weighted by Crippen LogP contribution is 2.15. The fourth-order valence-corrected chi connectivity index (χ4v) is 2.67. The summed E-state index contributed by atoms with van der Waals surface area (Å²) in [4.78, 5) is 27.0. The van der Waals surface area contributed by atoms with Crippen LogP contribution in [0.3, 0.4) is 0 Å². The van der Waals surface area contributed by atoms with E-state index in [0.717, 1.165) is 5.56 Å². The first-order valence-corrected chi connectivity index (χ1v) is 8.79. The van der Waals surface area contributed by atoms with Crippen LogP contribution in [0.15, 0.2) is 48.5 Å². The number of hydrogen-bond acceptors (Lipinski definition) is 4. The Labute approximate surface area is 159 Å². The summed E-state index contributed by atoms with van der Waals surface area (Å²) in [6.45, 7) is 4.18. The van der Waals surface area contributed by atoms with Gasteiger partial charge in [0.2, 0.25) is 5.91 Å². The van der Waals surface area contributed by atoms with Gasteiger partial charge in [-0.15, -0.1) is 0 Å². The van der Waals surface area contributed by atoms with Gasteiger partial charge in [0.15, 0.2) is 0 Å². The van der Waals surface area contributed by atoms with Gasteiger partial charge in [0.25, 0.3) is 5.91 Å². The smallest absolute Gasteiger partial charge is 0.251 e. The molecule has 0 spiro atoms. The first-order valence-electron chi connectivity index (χ1n) is 8.79. The van der Waals surface area contributed by atoms with Crippen molar-refractivity contribution in [3.63, 3.8) is 0 Å². The van der Waals surface area contributed by atoms with Crippen molar-refractivity contribution in [2.24, 2.45) is 5.92 Å². The molecule has 6 heteroatoms. The summed E-state index contributed by atoms with van der Waals surface area (Å²) in [6, 6.07) is 12.8. The molecule has 0 radical (unpaired) electrons. The van der Waals surface area contributed by atoms with Crippen molar-refractivity contribution in [3.8, 4) is 11.5 Å². The zero-order valence-electron chi connectivity index (χ0n) is 16.1. The molecular formula is C21H26N2O4. The van der Waals surface area contributed by atoms with Crippen molar-refractivity contribution in [2.75, 3.05) is 14.2 Å². The van der Waals surface area contributed by atoms with E-state index in [1.165, 1.54) is 0 Å². The maximum absolute atomic E-state index is 12.9. The van der Waals surface area contributed by atoms with E-state index in [-0.39, 0.29) is 23.5 Å². The van der Waals surface area contributed by atoms with Crippen molar-refractivity contribution < 1.29 is 19.4 Å². The lowest BCUT2D eigenvalue weighted by Crippen LogP contribution is -2.50. The lowest BCUT2D eigenvalue weighted by Gasteiger charge is -2.27. The number of benzene rings is 2. The van der Waals surface area contributed by atoms with Crippen molar-refractivity contribution in [1.29, 1.82) is 0 Å². The predicted molar refractivity (Wildman–Crippen MR) is 104 cm³/mol. The standard InChI is InChI=1S/C21H26N2O4/c1-14(2)19(22-20(25)16-7-11-18(27-4)12-8-16)21(26)23(3)13-15-5-9-17(24)10-6-15/h5-12,14,19,24H,13H2,1-4H3,(H,22,25)/t19-/m1/s1. The van der Waals surface area contributed by atoms with E-state index < -0.39 is 6.04 Å². The number of likely N-dealkylation sites (N-methyl/N-ethyl adjacent to an activating group) is 1. The van der Waals surface area contributed by atoms with E-state index in [1.807, 2.05) is 13.8 Å². The molecule has 6 nitrogen and oxygen atoms in total. The minimum atomic E-state index is -0.637. The van der Waals surface area contributed by atoms with Crippen LogP contribution in [0.1, 0.15) is 29.8 Å². The topological polar surface area (TPSA) is 78.9 Å². The zero-order valence-corrected chi connectivity index (χ0v) is 16.1. The first kappa shape index (κ1) is 20.3. The fraction of sp³-hybridized carbons (Fsp3) is 0.333. The van der Waals surface area contributed by atoms with Gasteiger partial charge >= 0.3 is 0 Å². The number of methoxy groups -OCH3 is 1. The number of rotatable bonds is 7. The second kappa shape index (κ2) is 9.07. The highest BCUT2D eigenvalue weighted by atomic mass is 16.5. The third-order valence-electron chi connectivity index (χ3n) is 4.30. The van der Waals surface area contributed by atoms with Gasteiger partial charge < -0.3 is 20.1 Å². The van der Waals surface area contributed by atoms with E-state index in [9.17, 15) is 14.7 Å². The molecule has 0 fully saturated rings. The van der Waals surface area contributed by atoms with Crippen molar-refractivity contribution in [1.82, 2.24) is 10.2 Å². The number of aromatic hydroxyl groups is 1. The summed E-state index contributed by atoms with van der Waals surface area (Å²) in [7, 11) is 3.26. The number of carbonyl (C=O) groups excluding carboxylic acids is 2. The largest absolute Gasteiger partial charge is 0.508 e. The molecule has 1 atom stereocenters. The first-order chi connectivity index (χ1) is 12.8. The van der Waals surface area contributed by atoms with Crippen LogP contribution in [0, 0.1) is 5.92 Å². The molecule has 2 N–H and O–H groups in total. The van der Waals surface area contributed by atoms with Gasteiger partial charge in [-0.1, -0.05) is 26.0 Å². The zero-order chi connectivity index (χ0) is 20.0. The van der Waals surface area contributed by atoms with Crippen LogP contribution in [-0.4, -0.2) is 42.0 Å². The van der Waals surface area contributed by atoms with Gasteiger partial charge in [-0.25, -0.2) is 0 Å². The Kier molecular flexibility index (Phi) is 6.82. The van der Waals surface area contributed by atoms with Crippen LogP contribution >= 0.6 is 0 Å². The molecule has 27 heavy (non-hydrogen) atoms. The third-order valence-corrected chi connectivity index (χ3v) is 4.30. The maximum atomic E-state index is 12.9. The van der Waals surface area contributed by atoms with Crippen LogP contribution in [-0.2, 0) is 11.3 Å². The van der Waals surface area contributed by atoms with Crippen LogP contribution in [0.5, 0.6) is 11.5 Å². The summed E-state index contributed by atoms with van der Waals surface area (Å²) in [5.74, 6) is 0.306. The fourth-order valence-electron chi connectivity index (χ4n) is 2.67. The lowest BCUT2D eigenvalue weighted by atomic mass is 10.0. The van der Waals surface area contributed by atoms with Gasteiger partial charge in [-0.3, -0.25) is 9.59 Å². The number of hydrogen-bond donors (Lipinski definition) is 2. The second-order valence-electron chi connectivity index (χ2n) is 6.78. The molecule has 0 bridgehead atoms. The summed E-state index contributed by atoms with van der Waals surface area (Å²) < 4.78 is 5.09. The lowest BCUT2D eigenvalue weighted by molar-refractivity contribution is -0.133. The Morgan fingerprint density at radius 1 is 1.07 bits per heavy atom. The number of ether oxygens (including phenoxy) is 1. The van der Waals surface area contributed by atoms with E-state index in [0.29, 0.717) is 17.9 Å². The number of nitrogens with zero attached hydrogens (tertiary/aromatic N) is 1. The number of carbonyl (C=O) groups is 2. The van der Waals surface area contributed by atoms with Gasteiger partial charge in [0, 0.05) is 19.2 Å². The quantitative estimate of drug-likeness (QED) is 0.786. The van der Waals surface area contributed by atoms with Crippen molar-refractivity contribution in [3.05, 3.63) is 59.7 Å². The Morgan fingerprint density at radius 3 is 2.19 bits per heavy atom. The Morgan fingerprint density at radius 2 is 1.67 bits per heavy atom. The summed E-state index contributed by atoms with van der Waals surface area (Å²) in [5, 5.41) is 12.2. The number of phenolic OH excluding ortho intramolecular Hbond substituents is 1. The summed E-state index contributed by atoms with van der Waals surface area (Å²) >= 11 is 0. The molecule has 0 heterocycles. The van der Waals surface area contributed by atoms with Gasteiger partial charge in [-0.2, -0.15) is 0 Å². The van der Waals surface area contributed by atoms with Gasteiger partial charge in [0.1, 0.15) is 17.5 Å². The summed E-state index contributed by atoms with van der Waals surface area (Å²) in [5.41, 5.74) is 1.36. The molecule has 2 amide bonds. The molecule has 144 valence electrons. The number of phenols is 1. The molecule has 2 rings (SSSR count). The average molecular weight is 370 g/mol. The van der Waals surface area contributed by atoms with E-state index in [2.05, 4.69) is 5.32 Å².